The highest BCUT2D eigenvalue weighted by Gasteiger charge is 2.03. The standard InChI is InChI=1S/C15H13FN2O/c16-14-8-6-13(7-9-14)15(19)18-17-11-10-12-4-2-1-3-5-12/h1-9,11H,10H2,(H,18,19)/b17-11+. The fraction of sp³-hybridized carbons (Fsp3) is 0.0667. The van der Waals surface area contributed by atoms with Crippen LogP contribution in [0.5, 0.6) is 0 Å². The Labute approximate surface area is 110 Å². The summed E-state index contributed by atoms with van der Waals surface area (Å²) in [5.74, 6) is -0.728. The Kier molecular flexibility index (Phi) is 4.39. The van der Waals surface area contributed by atoms with Crippen LogP contribution in [-0.2, 0) is 6.42 Å². The lowest BCUT2D eigenvalue weighted by Gasteiger charge is -1.99. The maximum atomic E-state index is 12.7. The van der Waals surface area contributed by atoms with E-state index in [1.54, 1.807) is 6.21 Å². The van der Waals surface area contributed by atoms with Crippen LogP contribution >= 0.6 is 0 Å². The summed E-state index contributed by atoms with van der Waals surface area (Å²) in [6.45, 7) is 0. The van der Waals surface area contributed by atoms with Gasteiger partial charge < -0.3 is 0 Å². The van der Waals surface area contributed by atoms with Crippen LogP contribution in [0.2, 0.25) is 0 Å². The molecule has 4 heteroatoms. The number of hydrazone groups is 1. The summed E-state index contributed by atoms with van der Waals surface area (Å²) in [4.78, 5) is 11.6. The van der Waals surface area contributed by atoms with Gasteiger partial charge in [0.1, 0.15) is 5.82 Å². The summed E-state index contributed by atoms with van der Waals surface area (Å²) < 4.78 is 12.7. The van der Waals surface area contributed by atoms with Gasteiger partial charge in [-0.3, -0.25) is 4.79 Å². The molecule has 1 N–H and O–H groups in total. The molecule has 19 heavy (non-hydrogen) atoms. The molecule has 0 saturated heterocycles. The molecule has 0 fully saturated rings. The SMILES string of the molecule is O=C(N/N=C/Cc1ccccc1)c1ccc(F)cc1. The fourth-order valence-electron chi connectivity index (χ4n) is 1.54. The van der Waals surface area contributed by atoms with Crippen molar-refractivity contribution in [3.63, 3.8) is 0 Å². The molecule has 0 radical (unpaired) electrons. The number of hydrogen-bond acceptors (Lipinski definition) is 2. The van der Waals surface area contributed by atoms with Gasteiger partial charge in [0, 0.05) is 18.2 Å². The van der Waals surface area contributed by atoms with Crippen molar-refractivity contribution in [2.45, 2.75) is 6.42 Å². The van der Waals surface area contributed by atoms with Crippen molar-refractivity contribution in [3.05, 3.63) is 71.5 Å². The van der Waals surface area contributed by atoms with Gasteiger partial charge in [-0.05, 0) is 29.8 Å². The highest BCUT2D eigenvalue weighted by atomic mass is 19.1. The van der Waals surface area contributed by atoms with Crippen LogP contribution in [0.25, 0.3) is 0 Å². The molecule has 2 aromatic rings. The van der Waals surface area contributed by atoms with Crippen molar-refractivity contribution in [1.29, 1.82) is 0 Å². The monoisotopic (exact) mass is 256 g/mol. The molecular weight excluding hydrogens is 243 g/mol. The summed E-state index contributed by atoms with van der Waals surface area (Å²) in [7, 11) is 0. The van der Waals surface area contributed by atoms with Gasteiger partial charge in [0.25, 0.3) is 5.91 Å². The first-order valence-corrected chi connectivity index (χ1v) is 5.87. The Morgan fingerprint density at radius 1 is 1.11 bits per heavy atom. The van der Waals surface area contributed by atoms with Crippen molar-refractivity contribution in [2.75, 3.05) is 0 Å². The number of halogens is 1. The molecule has 0 aliphatic carbocycles. The van der Waals surface area contributed by atoms with Crippen molar-refractivity contribution >= 4 is 12.1 Å². The van der Waals surface area contributed by atoms with E-state index in [9.17, 15) is 9.18 Å². The van der Waals surface area contributed by atoms with E-state index < -0.39 is 0 Å². The van der Waals surface area contributed by atoms with Crippen LogP contribution in [-0.4, -0.2) is 12.1 Å². The van der Waals surface area contributed by atoms with Crippen LogP contribution in [0.1, 0.15) is 15.9 Å². The van der Waals surface area contributed by atoms with E-state index >= 15 is 0 Å². The van der Waals surface area contributed by atoms with E-state index in [4.69, 9.17) is 0 Å². The average molecular weight is 256 g/mol. The second-order valence-corrected chi connectivity index (χ2v) is 3.95. The first kappa shape index (κ1) is 13.0. The van der Waals surface area contributed by atoms with E-state index in [1.807, 2.05) is 30.3 Å². The number of benzene rings is 2. The minimum Gasteiger partial charge on any atom is -0.267 e. The number of carbonyl (C=O) groups excluding carboxylic acids is 1. The molecule has 2 aromatic carbocycles. The van der Waals surface area contributed by atoms with E-state index in [1.165, 1.54) is 24.3 Å². The van der Waals surface area contributed by atoms with Crippen molar-refractivity contribution in [3.8, 4) is 0 Å². The predicted octanol–water partition coefficient (Wildman–Crippen LogP) is 2.78. The molecule has 96 valence electrons. The summed E-state index contributed by atoms with van der Waals surface area (Å²) in [6.07, 6.45) is 2.27. The Hall–Kier alpha value is -2.49. The first-order chi connectivity index (χ1) is 9.25. The third-order valence-corrected chi connectivity index (χ3v) is 2.53. The molecule has 0 heterocycles. The number of rotatable bonds is 4. The minimum absolute atomic E-state index is 0.357. The zero-order valence-corrected chi connectivity index (χ0v) is 10.2. The lowest BCUT2D eigenvalue weighted by atomic mass is 10.2. The van der Waals surface area contributed by atoms with E-state index in [0.717, 1.165) is 5.56 Å². The van der Waals surface area contributed by atoms with Crippen molar-refractivity contribution < 1.29 is 9.18 Å². The lowest BCUT2D eigenvalue weighted by Crippen LogP contribution is -2.17. The van der Waals surface area contributed by atoms with E-state index in [0.29, 0.717) is 12.0 Å². The maximum Gasteiger partial charge on any atom is 0.271 e. The van der Waals surface area contributed by atoms with Crippen LogP contribution in [0.3, 0.4) is 0 Å². The number of amides is 1. The number of nitrogens with zero attached hydrogens (tertiary/aromatic N) is 1. The molecule has 0 aromatic heterocycles. The van der Waals surface area contributed by atoms with Gasteiger partial charge in [-0.25, -0.2) is 9.82 Å². The minimum atomic E-state index is -0.371. The van der Waals surface area contributed by atoms with Gasteiger partial charge in [0.15, 0.2) is 0 Å². The second kappa shape index (κ2) is 6.44. The second-order valence-electron chi connectivity index (χ2n) is 3.95. The molecule has 1 amide bonds. The highest BCUT2D eigenvalue weighted by Crippen LogP contribution is 2.02. The van der Waals surface area contributed by atoms with E-state index in [2.05, 4.69) is 10.5 Å². The molecule has 2 rings (SSSR count). The zero-order valence-electron chi connectivity index (χ0n) is 10.2. The van der Waals surface area contributed by atoms with Crippen molar-refractivity contribution in [2.24, 2.45) is 5.10 Å². The third-order valence-electron chi connectivity index (χ3n) is 2.53. The third kappa shape index (κ3) is 4.03. The highest BCUT2D eigenvalue weighted by molar-refractivity contribution is 5.94. The van der Waals surface area contributed by atoms with Gasteiger partial charge in [-0.15, -0.1) is 0 Å². The van der Waals surface area contributed by atoms with E-state index in [-0.39, 0.29) is 11.7 Å². The lowest BCUT2D eigenvalue weighted by molar-refractivity contribution is 0.0955. The van der Waals surface area contributed by atoms with Gasteiger partial charge in [0.2, 0.25) is 0 Å². The molecule has 0 spiro atoms. The van der Waals surface area contributed by atoms with Gasteiger partial charge in [-0.2, -0.15) is 5.10 Å². The average Bonchev–Trinajstić information content (AvgIpc) is 2.45. The van der Waals surface area contributed by atoms with Crippen LogP contribution in [0.4, 0.5) is 4.39 Å². The number of nitrogens with one attached hydrogen (secondary N) is 1. The molecule has 0 bridgehead atoms. The Morgan fingerprint density at radius 3 is 2.47 bits per heavy atom. The first-order valence-electron chi connectivity index (χ1n) is 5.87. The summed E-state index contributed by atoms with van der Waals surface area (Å²) in [6, 6.07) is 15.1. The maximum absolute atomic E-state index is 12.7. The molecule has 0 unspecified atom stereocenters. The topological polar surface area (TPSA) is 41.5 Å². The molecule has 3 nitrogen and oxygen atoms in total. The largest absolute Gasteiger partial charge is 0.271 e. The summed E-state index contributed by atoms with van der Waals surface area (Å²) in [5, 5.41) is 3.85. The number of carbonyl (C=O) groups is 1. The normalized spacial score (nSPS) is 10.6. The van der Waals surface area contributed by atoms with Crippen molar-refractivity contribution in [1.82, 2.24) is 5.43 Å². The fourth-order valence-corrected chi connectivity index (χ4v) is 1.54. The van der Waals surface area contributed by atoms with Crippen LogP contribution in [0.15, 0.2) is 59.7 Å². The summed E-state index contributed by atoms with van der Waals surface area (Å²) >= 11 is 0. The van der Waals surface area contributed by atoms with Crippen LogP contribution < -0.4 is 5.43 Å². The van der Waals surface area contributed by atoms with Crippen LogP contribution in [0, 0.1) is 5.82 Å². The van der Waals surface area contributed by atoms with Gasteiger partial charge in [-0.1, -0.05) is 30.3 Å². The number of hydrogen-bond donors (Lipinski definition) is 1. The van der Waals surface area contributed by atoms with Gasteiger partial charge >= 0.3 is 0 Å². The molecular formula is C15H13FN2O. The molecule has 0 atom stereocenters. The molecule has 0 aliphatic rings. The quantitative estimate of drug-likeness (QED) is 0.663. The predicted molar refractivity (Wildman–Crippen MR) is 72.5 cm³/mol. The Bertz CT molecular complexity index is 564. The smallest absolute Gasteiger partial charge is 0.267 e. The Balaban J connectivity index is 1.85. The molecule has 0 aliphatic heterocycles. The molecule has 0 saturated carbocycles. The zero-order chi connectivity index (χ0) is 13.5. The van der Waals surface area contributed by atoms with Gasteiger partial charge in [0.05, 0.1) is 0 Å². The summed E-state index contributed by atoms with van der Waals surface area (Å²) in [5.41, 5.74) is 3.88. The Morgan fingerprint density at radius 2 is 1.79 bits per heavy atom.